The molecule has 0 spiro atoms. The third-order valence-corrected chi connectivity index (χ3v) is 5.48. The molecule has 3 heteroatoms. The monoisotopic (exact) mass is 288 g/mol. The predicted molar refractivity (Wildman–Crippen MR) is 86.6 cm³/mol. The largest absolute Gasteiger partial charge is 0.497 e. The lowest BCUT2D eigenvalue weighted by Gasteiger charge is -2.30. The van der Waals surface area contributed by atoms with E-state index in [9.17, 15) is 0 Å². The lowest BCUT2D eigenvalue weighted by Crippen LogP contribution is -2.41. The Hall–Kier alpha value is -1.06. The van der Waals surface area contributed by atoms with E-state index in [1.807, 2.05) is 0 Å². The van der Waals surface area contributed by atoms with Crippen molar-refractivity contribution in [3.63, 3.8) is 0 Å². The molecule has 0 amide bonds. The van der Waals surface area contributed by atoms with Crippen LogP contribution in [0, 0.1) is 5.92 Å². The Labute approximate surface area is 128 Å². The summed E-state index contributed by atoms with van der Waals surface area (Å²) in [5.74, 6) is 1.84. The Morgan fingerprint density at radius 3 is 2.90 bits per heavy atom. The highest BCUT2D eigenvalue weighted by atomic mass is 16.5. The SMILES string of the molecule is CCC1CCCN(C2Cc3ccc(OC)cc3C2N)CC1. The number of hydrogen-bond acceptors (Lipinski definition) is 3. The maximum atomic E-state index is 6.57. The fourth-order valence-corrected chi connectivity index (χ4v) is 4.04. The van der Waals surface area contributed by atoms with E-state index in [-0.39, 0.29) is 6.04 Å². The molecule has 0 bridgehead atoms. The summed E-state index contributed by atoms with van der Waals surface area (Å²) in [4.78, 5) is 2.65. The van der Waals surface area contributed by atoms with Crippen LogP contribution in [0.2, 0.25) is 0 Å². The zero-order chi connectivity index (χ0) is 14.8. The van der Waals surface area contributed by atoms with Gasteiger partial charge >= 0.3 is 0 Å². The average Bonchev–Trinajstić information content (AvgIpc) is 2.71. The number of nitrogens with two attached hydrogens (primary N) is 1. The smallest absolute Gasteiger partial charge is 0.119 e. The van der Waals surface area contributed by atoms with E-state index in [4.69, 9.17) is 10.5 Å². The number of fused-ring (bicyclic) bond motifs is 1. The maximum absolute atomic E-state index is 6.57. The number of likely N-dealkylation sites (tertiary alicyclic amines) is 1. The fourth-order valence-electron chi connectivity index (χ4n) is 4.04. The van der Waals surface area contributed by atoms with E-state index in [2.05, 4.69) is 30.0 Å². The molecule has 1 saturated heterocycles. The molecule has 1 aromatic carbocycles. The summed E-state index contributed by atoms with van der Waals surface area (Å²) >= 11 is 0. The highest BCUT2D eigenvalue weighted by molar-refractivity contribution is 5.42. The Kier molecular flexibility index (Phi) is 4.51. The van der Waals surface area contributed by atoms with Gasteiger partial charge in [-0.25, -0.2) is 0 Å². The number of ether oxygens (including phenoxy) is 1. The maximum Gasteiger partial charge on any atom is 0.119 e. The topological polar surface area (TPSA) is 38.5 Å². The lowest BCUT2D eigenvalue weighted by molar-refractivity contribution is 0.184. The van der Waals surface area contributed by atoms with Gasteiger partial charge in [-0.3, -0.25) is 4.90 Å². The van der Waals surface area contributed by atoms with Crippen molar-refractivity contribution in [2.24, 2.45) is 11.7 Å². The molecular weight excluding hydrogens is 260 g/mol. The van der Waals surface area contributed by atoms with Crippen LogP contribution in [0.25, 0.3) is 0 Å². The first-order chi connectivity index (χ1) is 10.2. The molecule has 3 unspecified atom stereocenters. The predicted octanol–water partition coefficient (Wildman–Crippen LogP) is 3.13. The zero-order valence-corrected chi connectivity index (χ0v) is 13.3. The molecule has 1 aliphatic carbocycles. The Morgan fingerprint density at radius 1 is 1.29 bits per heavy atom. The van der Waals surface area contributed by atoms with Gasteiger partial charge in [0.25, 0.3) is 0 Å². The van der Waals surface area contributed by atoms with Crippen molar-refractivity contribution in [1.82, 2.24) is 4.90 Å². The van der Waals surface area contributed by atoms with E-state index < -0.39 is 0 Å². The first-order valence-corrected chi connectivity index (χ1v) is 8.39. The van der Waals surface area contributed by atoms with Crippen LogP contribution in [0.3, 0.4) is 0 Å². The van der Waals surface area contributed by atoms with Gasteiger partial charge in [-0.05, 0) is 68.0 Å². The van der Waals surface area contributed by atoms with E-state index in [1.54, 1.807) is 7.11 Å². The van der Waals surface area contributed by atoms with Gasteiger partial charge in [0.2, 0.25) is 0 Å². The Bertz CT molecular complexity index is 488. The normalized spacial score (nSPS) is 30.0. The number of rotatable bonds is 3. The number of hydrogen-bond donors (Lipinski definition) is 1. The molecule has 21 heavy (non-hydrogen) atoms. The second kappa shape index (κ2) is 6.37. The molecule has 1 fully saturated rings. The molecule has 116 valence electrons. The van der Waals surface area contributed by atoms with Gasteiger partial charge < -0.3 is 10.5 Å². The first kappa shape index (κ1) is 14.9. The molecule has 1 aromatic rings. The van der Waals surface area contributed by atoms with Gasteiger partial charge in [-0.15, -0.1) is 0 Å². The van der Waals surface area contributed by atoms with Crippen molar-refractivity contribution in [2.45, 2.75) is 51.1 Å². The van der Waals surface area contributed by atoms with E-state index in [1.165, 1.54) is 49.9 Å². The van der Waals surface area contributed by atoms with Crippen LogP contribution in [-0.4, -0.2) is 31.1 Å². The lowest BCUT2D eigenvalue weighted by atomic mass is 9.98. The molecule has 2 aliphatic rings. The molecule has 3 rings (SSSR count). The van der Waals surface area contributed by atoms with Gasteiger partial charge in [0.1, 0.15) is 5.75 Å². The van der Waals surface area contributed by atoms with Crippen molar-refractivity contribution >= 4 is 0 Å². The van der Waals surface area contributed by atoms with Crippen LogP contribution in [0.15, 0.2) is 18.2 Å². The zero-order valence-electron chi connectivity index (χ0n) is 13.3. The molecule has 1 heterocycles. The Balaban J connectivity index is 1.73. The summed E-state index contributed by atoms with van der Waals surface area (Å²) in [7, 11) is 1.72. The third kappa shape index (κ3) is 2.95. The number of methoxy groups -OCH3 is 1. The van der Waals surface area contributed by atoms with Gasteiger partial charge in [-0.1, -0.05) is 19.4 Å². The van der Waals surface area contributed by atoms with Crippen molar-refractivity contribution in [2.75, 3.05) is 20.2 Å². The molecule has 1 aliphatic heterocycles. The summed E-state index contributed by atoms with van der Waals surface area (Å²) < 4.78 is 5.35. The second-order valence-corrected chi connectivity index (χ2v) is 6.60. The van der Waals surface area contributed by atoms with E-state index in [0.29, 0.717) is 6.04 Å². The molecule has 0 aromatic heterocycles. The first-order valence-electron chi connectivity index (χ1n) is 8.39. The van der Waals surface area contributed by atoms with Crippen molar-refractivity contribution in [3.8, 4) is 5.75 Å². The van der Waals surface area contributed by atoms with Crippen molar-refractivity contribution in [1.29, 1.82) is 0 Å². The van der Waals surface area contributed by atoms with Crippen LogP contribution < -0.4 is 10.5 Å². The van der Waals surface area contributed by atoms with Gasteiger partial charge in [0, 0.05) is 12.1 Å². The summed E-state index contributed by atoms with van der Waals surface area (Å²) in [5, 5.41) is 0. The van der Waals surface area contributed by atoms with Crippen LogP contribution in [-0.2, 0) is 6.42 Å². The molecule has 0 radical (unpaired) electrons. The highest BCUT2D eigenvalue weighted by Gasteiger charge is 2.34. The molecular formula is C18H28N2O. The van der Waals surface area contributed by atoms with E-state index >= 15 is 0 Å². The summed E-state index contributed by atoms with van der Waals surface area (Å²) in [6.45, 7) is 4.74. The van der Waals surface area contributed by atoms with Crippen molar-refractivity contribution < 1.29 is 4.74 Å². The second-order valence-electron chi connectivity index (χ2n) is 6.60. The molecule has 2 N–H and O–H groups in total. The van der Waals surface area contributed by atoms with Gasteiger partial charge in [0.15, 0.2) is 0 Å². The Morgan fingerprint density at radius 2 is 2.14 bits per heavy atom. The third-order valence-electron chi connectivity index (χ3n) is 5.48. The van der Waals surface area contributed by atoms with Crippen LogP contribution in [0.4, 0.5) is 0 Å². The molecule has 3 atom stereocenters. The van der Waals surface area contributed by atoms with E-state index in [0.717, 1.165) is 18.1 Å². The number of nitrogens with zero attached hydrogens (tertiary/aromatic N) is 1. The van der Waals surface area contributed by atoms with Crippen LogP contribution >= 0.6 is 0 Å². The average molecular weight is 288 g/mol. The highest BCUT2D eigenvalue weighted by Crippen LogP contribution is 2.36. The van der Waals surface area contributed by atoms with Gasteiger partial charge in [-0.2, -0.15) is 0 Å². The minimum Gasteiger partial charge on any atom is -0.497 e. The van der Waals surface area contributed by atoms with Crippen LogP contribution in [0.5, 0.6) is 5.75 Å². The number of benzene rings is 1. The van der Waals surface area contributed by atoms with Crippen LogP contribution in [0.1, 0.15) is 49.8 Å². The van der Waals surface area contributed by atoms with Crippen molar-refractivity contribution in [3.05, 3.63) is 29.3 Å². The van der Waals surface area contributed by atoms with Gasteiger partial charge in [0.05, 0.1) is 7.11 Å². The quantitative estimate of drug-likeness (QED) is 0.928. The summed E-state index contributed by atoms with van der Waals surface area (Å²) in [6, 6.07) is 6.99. The summed E-state index contributed by atoms with van der Waals surface area (Å²) in [6.07, 6.45) is 6.45. The summed E-state index contributed by atoms with van der Waals surface area (Å²) in [5.41, 5.74) is 9.26. The minimum atomic E-state index is 0.133. The minimum absolute atomic E-state index is 0.133. The molecule has 0 saturated carbocycles. The molecule has 3 nitrogen and oxygen atoms in total. The standard InChI is InChI=1S/C18H28N2O/c1-3-13-5-4-9-20(10-8-13)17-11-14-6-7-15(21-2)12-16(14)18(17)19/h6-7,12-13,17-18H,3-5,8-11,19H2,1-2H3. The fraction of sp³-hybridized carbons (Fsp3) is 0.667.